The number of nitrogens with zero attached hydrogens (tertiary/aromatic N) is 6. The zero-order valence-corrected chi connectivity index (χ0v) is 17.7. The van der Waals surface area contributed by atoms with Gasteiger partial charge in [0, 0.05) is 23.7 Å². The van der Waals surface area contributed by atoms with E-state index in [4.69, 9.17) is 5.73 Å². The van der Waals surface area contributed by atoms with Crippen molar-refractivity contribution in [3.8, 4) is 22.4 Å². The Kier molecular flexibility index (Phi) is 5.21. The van der Waals surface area contributed by atoms with Crippen LogP contribution in [-0.4, -0.2) is 29.5 Å². The average molecular weight is 443 g/mol. The van der Waals surface area contributed by atoms with Gasteiger partial charge in [-0.05, 0) is 60.5 Å². The van der Waals surface area contributed by atoms with E-state index in [1.54, 1.807) is 18.3 Å². The molecule has 0 aliphatic heterocycles. The maximum Gasteiger partial charge on any atom is 0.223 e. The quantitative estimate of drug-likeness (QED) is 0.436. The molecule has 164 valence electrons. The van der Waals surface area contributed by atoms with Gasteiger partial charge in [-0.15, -0.1) is 5.10 Å². The van der Waals surface area contributed by atoms with Gasteiger partial charge in [0.05, 0.1) is 23.4 Å². The second-order valence-electron chi connectivity index (χ2n) is 7.46. The number of aromatic nitrogens is 6. The number of fused-ring (bicyclic) bond motifs is 1. The molecule has 0 unspecified atom stereocenters. The smallest absolute Gasteiger partial charge is 0.223 e. The molecule has 9 heteroatoms. The lowest BCUT2D eigenvalue weighted by Crippen LogP contribution is -2.06. The summed E-state index contributed by atoms with van der Waals surface area (Å²) in [4.78, 5) is 17.7. The third kappa shape index (κ3) is 3.89. The first-order valence-electron chi connectivity index (χ1n) is 10.4. The van der Waals surface area contributed by atoms with Crippen LogP contribution in [0.25, 0.3) is 28.0 Å². The topological polar surface area (TPSA) is 94.9 Å². The van der Waals surface area contributed by atoms with Crippen molar-refractivity contribution < 1.29 is 8.78 Å². The minimum absolute atomic E-state index is 0.0929. The van der Waals surface area contributed by atoms with Crippen LogP contribution in [0.15, 0.2) is 60.9 Å². The second-order valence-corrected chi connectivity index (χ2v) is 7.46. The zero-order chi connectivity index (χ0) is 22.9. The summed E-state index contributed by atoms with van der Waals surface area (Å²) in [5, 5.41) is 4.46. The Balaban J connectivity index is 1.75. The number of hydrogen-bond acceptors (Lipinski definition) is 6. The van der Waals surface area contributed by atoms with E-state index in [0.717, 1.165) is 17.7 Å². The molecular weight excluding hydrogens is 424 g/mol. The monoisotopic (exact) mass is 443 g/mol. The molecule has 1 aromatic carbocycles. The van der Waals surface area contributed by atoms with Crippen molar-refractivity contribution in [1.29, 1.82) is 0 Å². The first-order chi connectivity index (χ1) is 16.0. The summed E-state index contributed by atoms with van der Waals surface area (Å²) in [5.41, 5.74) is 10.5. The lowest BCUT2D eigenvalue weighted by atomic mass is 10.00. The number of halogens is 2. The Labute approximate surface area is 188 Å². The van der Waals surface area contributed by atoms with Gasteiger partial charge in [0.25, 0.3) is 0 Å². The van der Waals surface area contributed by atoms with Crippen LogP contribution in [0.5, 0.6) is 0 Å². The molecule has 4 heterocycles. The molecule has 4 aromatic heterocycles. The summed E-state index contributed by atoms with van der Waals surface area (Å²) in [6.07, 6.45) is 4.08. The van der Waals surface area contributed by atoms with E-state index in [2.05, 4.69) is 25.0 Å². The Hall–Kier alpha value is -4.27. The van der Waals surface area contributed by atoms with E-state index < -0.39 is 5.82 Å². The van der Waals surface area contributed by atoms with Gasteiger partial charge in [0.15, 0.2) is 11.5 Å². The number of hydrogen-bond donors (Lipinski definition) is 1. The van der Waals surface area contributed by atoms with E-state index >= 15 is 0 Å². The van der Waals surface area contributed by atoms with Gasteiger partial charge in [-0.25, -0.2) is 18.7 Å². The highest BCUT2D eigenvalue weighted by molar-refractivity contribution is 5.90. The molecule has 0 aliphatic rings. The van der Waals surface area contributed by atoms with E-state index in [1.807, 2.05) is 19.1 Å². The largest absolute Gasteiger partial charge is 0.368 e. The first kappa shape index (κ1) is 20.6. The van der Waals surface area contributed by atoms with Crippen LogP contribution in [0.1, 0.15) is 24.1 Å². The van der Waals surface area contributed by atoms with Gasteiger partial charge in [0.1, 0.15) is 11.6 Å². The molecule has 2 N–H and O–H groups in total. The molecule has 0 saturated carbocycles. The predicted molar refractivity (Wildman–Crippen MR) is 120 cm³/mol. The lowest BCUT2D eigenvalue weighted by Gasteiger charge is -2.12. The van der Waals surface area contributed by atoms with E-state index in [-0.39, 0.29) is 23.9 Å². The van der Waals surface area contributed by atoms with Gasteiger partial charge in [-0.3, -0.25) is 9.97 Å². The molecule has 0 saturated heterocycles. The van der Waals surface area contributed by atoms with Gasteiger partial charge in [0.2, 0.25) is 5.95 Å². The summed E-state index contributed by atoms with van der Waals surface area (Å²) in [5.74, 6) is -0.327. The summed E-state index contributed by atoms with van der Waals surface area (Å²) in [7, 11) is 0. The second kappa shape index (κ2) is 8.34. The minimum atomic E-state index is -0.434. The number of rotatable bonds is 5. The molecule has 33 heavy (non-hydrogen) atoms. The zero-order valence-electron chi connectivity index (χ0n) is 17.7. The van der Waals surface area contributed by atoms with Crippen molar-refractivity contribution in [1.82, 2.24) is 29.5 Å². The summed E-state index contributed by atoms with van der Waals surface area (Å²) in [6.45, 7) is 2.01. The molecule has 5 aromatic rings. The van der Waals surface area contributed by atoms with Crippen molar-refractivity contribution in [3.05, 3.63) is 89.8 Å². The number of anilines is 1. The van der Waals surface area contributed by atoms with Crippen LogP contribution in [-0.2, 0) is 12.8 Å². The van der Waals surface area contributed by atoms with Crippen LogP contribution in [0, 0.1) is 11.6 Å². The van der Waals surface area contributed by atoms with Crippen LogP contribution >= 0.6 is 0 Å². The van der Waals surface area contributed by atoms with E-state index in [0.29, 0.717) is 28.3 Å². The molecule has 0 aliphatic carbocycles. The first-order valence-corrected chi connectivity index (χ1v) is 10.4. The molecule has 0 bridgehead atoms. The fourth-order valence-electron chi connectivity index (χ4n) is 3.68. The third-order valence-corrected chi connectivity index (χ3v) is 5.30. The average Bonchev–Trinajstić information content (AvgIpc) is 3.25. The number of nitrogen functional groups attached to an aromatic ring is 1. The lowest BCUT2D eigenvalue weighted by molar-refractivity contribution is 0.601. The molecule has 0 amide bonds. The summed E-state index contributed by atoms with van der Waals surface area (Å²) >= 11 is 0. The van der Waals surface area contributed by atoms with Crippen LogP contribution in [0.2, 0.25) is 0 Å². The highest BCUT2D eigenvalue weighted by Crippen LogP contribution is 2.35. The van der Waals surface area contributed by atoms with Crippen molar-refractivity contribution in [2.45, 2.75) is 19.8 Å². The minimum Gasteiger partial charge on any atom is -0.368 e. The molecule has 0 fully saturated rings. The molecule has 7 nitrogen and oxygen atoms in total. The Morgan fingerprint density at radius 2 is 1.76 bits per heavy atom. The maximum atomic E-state index is 14.2. The Morgan fingerprint density at radius 1 is 0.939 bits per heavy atom. The van der Waals surface area contributed by atoms with Gasteiger partial charge in [-0.2, -0.15) is 4.52 Å². The van der Waals surface area contributed by atoms with Gasteiger partial charge >= 0.3 is 0 Å². The normalized spacial score (nSPS) is 11.2. The predicted octanol–water partition coefficient (Wildman–Crippen LogP) is 4.26. The van der Waals surface area contributed by atoms with Gasteiger partial charge < -0.3 is 5.73 Å². The highest BCUT2D eigenvalue weighted by Gasteiger charge is 2.21. The van der Waals surface area contributed by atoms with Crippen molar-refractivity contribution in [2.75, 3.05) is 5.73 Å². The van der Waals surface area contributed by atoms with E-state index in [9.17, 15) is 8.78 Å². The number of aryl methyl sites for hydroxylation is 1. The van der Waals surface area contributed by atoms with Crippen molar-refractivity contribution in [2.24, 2.45) is 0 Å². The Bertz CT molecular complexity index is 1460. The number of nitrogens with two attached hydrogens (primary N) is 1. The Morgan fingerprint density at radius 3 is 2.52 bits per heavy atom. The van der Waals surface area contributed by atoms with Crippen LogP contribution in [0.3, 0.4) is 0 Å². The fourth-order valence-corrected chi connectivity index (χ4v) is 3.68. The van der Waals surface area contributed by atoms with Crippen LogP contribution in [0.4, 0.5) is 14.7 Å². The standard InChI is InChI=1S/C24H19F2N7/c1-2-17-12-15(9-11-28-17)21-22(14-5-7-16(25)8-6-14)31-24(27)33-23(21)30-20(32-33)13-19-18(26)4-3-10-29-19/h3-12H,2,13H2,1H3,(H2,27,31). The molecule has 0 spiro atoms. The molecule has 5 rings (SSSR count). The van der Waals surface area contributed by atoms with Crippen molar-refractivity contribution in [3.63, 3.8) is 0 Å². The number of benzene rings is 1. The molecular formula is C24H19F2N7. The third-order valence-electron chi connectivity index (χ3n) is 5.30. The summed E-state index contributed by atoms with van der Waals surface area (Å²) in [6, 6.07) is 12.7. The number of pyridine rings is 2. The van der Waals surface area contributed by atoms with Crippen molar-refractivity contribution >= 4 is 11.6 Å². The fraction of sp³-hybridized carbons (Fsp3) is 0.125. The van der Waals surface area contributed by atoms with Gasteiger partial charge in [-0.1, -0.05) is 6.92 Å². The SMILES string of the molecule is CCc1cc(-c2c(-c3ccc(F)cc3)nc(N)n3nc(Cc4ncccc4F)nc23)ccn1. The van der Waals surface area contributed by atoms with E-state index in [1.165, 1.54) is 35.0 Å². The van der Waals surface area contributed by atoms with Crippen LogP contribution < -0.4 is 5.73 Å². The highest BCUT2D eigenvalue weighted by atomic mass is 19.1. The maximum absolute atomic E-state index is 14.2. The molecule has 0 radical (unpaired) electrons. The molecule has 0 atom stereocenters. The summed E-state index contributed by atoms with van der Waals surface area (Å²) < 4.78 is 29.2.